The molecule has 8 nitrogen and oxygen atoms in total. The van der Waals surface area contributed by atoms with E-state index in [2.05, 4.69) is 46.4 Å². The predicted molar refractivity (Wildman–Crippen MR) is 134 cm³/mol. The summed E-state index contributed by atoms with van der Waals surface area (Å²) in [7, 11) is 7.47. The molecule has 2 heterocycles. The molecule has 1 amide bonds. The van der Waals surface area contributed by atoms with Crippen molar-refractivity contribution in [1.29, 1.82) is 0 Å². The van der Waals surface area contributed by atoms with E-state index < -0.39 is 0 Å². The van der Waals surface area contributed by atoms with Crippen LogP contribution in [0, 0.1) is 13.8 Å². The molecule has 172 valence electrons. The lowest BCUT2D eigenvalue weighted by atomic mass is 10.1. The largest absolute Gasteiger partial charge is 0.356 e. The van der Waals surface area contributed by atoms with Crippen molar-refractivity contribution in [2.75, 3.05) is 40.8 Å². The van der Waals surface area contributed by atoms with Gasteiger partial charge in [0.25, 0.3) is 0 Å². The van der Waals surface area contributed by atoms with Gasteiger partial charge in [-0.05, 0) is 58.6 Å². The zero-order valence-corrected chi connectivity index (χ0v) is 22.0. The van der Waals surface area contributed by atoms with Gasteiger partial charge in [-0.3, -0.25) is 19.4 Å². The number of guanidine groups is 1. The van der Waals surface area contributed by atoms with Gasteiger partial charge in [0.15, 0.2) is 5.96 Å². The molecular formula is C21H40IN7O. The number of nitrogens with one attached hydrogen (secondary N) is 2. The second kappa shape index (κ2) is 12.5. The predicted octanol–water partition coefficient (Wildman–Crippen LogP) is 1.69. The van der Waals surface area contributed by atoms with Crippen LogP contribution in [0.3, 0.4) is 0 Å². The normalized spacial score (nSPS) is 18.1. The van der Waals surface area contributed by atoms with Crippen LogP contribution in [0.2, 0.25) is 0 Å². The molecule has 30 heavy (non-hydrogen) atoms. The second-order valence-electron chi connectivity index (χ2n) is 8.30. The fraction of sp³-hybridized carbons (Fsp3) is 0.762. The van der Waals surface area contributed by atoms with Crippen molar-refractivity contribution < 1.29 is 4.79 Å². The number of hydrogen-bond acceptors (Lipinski definition) is 4. The Kier molecular flexibility index (Phi) is 11.1. The van der Waals surface area contributed by atoms with E-state index >= 15 is 0 Å². The summed E-state index contributed by atoms with van der Waals surface area (Å²) in [5.74, 6) is 1.04. The number of likely N-dealkylation sites (tertiary alicyclic amines) is 1. The van der Waals surface area contributed by atoms with E-state index in [1.165, 1.54) is 11.3 Å². The van der Waals surface area contributed by atoms with Crippen molar-refractivity contribution in [2.45, 2.75) is 58.5 Å². The van der Waals surface area contributed by atoms with Crippen molar-refractivity contribution in [3.8, 4) is 0 Å². The first kappa shape index (κ1) is 26.7. The van der Waals surface area contributed by atoms with Crippen LogP contribution in [0.1, 0.15) is 43.1 Å². The third-order valence-corrected chi connectivity index (χ3v) is 5.78. The molecule has 0 aromatic carbocycles. The molecule has 0 radical (unpaired) electrons. The first-order chi connectivity index (χ1) is 13.7. The maximum absolute atomic E-state index is 12.3. The highest BCUT2D eigenvalue weighted by Gasteiger charge is 2.30. The third kappa shape index (κ3) is 7.11. The van der Waals surface area contributed by atoms with Gasteiger partial charge in [-0.2, -0.15) is 5.10 Å². The van der Waals surface area contributed by atoms with Gasteiger partial charge in [0, 0.05) is 53.0 Å². The molecule has 2 atom stereocenters. The third-order valence-electron chi connectivity index (χ3n) is 5.78. The van der Waals surface area contributed by atoms with E-state index in [4.69, 9.17) is 0 Å². The van der Waals surface area contributed by atoms with E-state index in [0.717, 1.165) is 57.0 Å². The molecule has 2 rings (SSSR count). The van der Waals surface area contributed by atoms with E-state index in [0.29, 0.717) is 0 Å². The van der Waals surface area contributed by atoms with Gasteiger partial charge >= 0.3 is 0 Å². The van der Waals surface area contributed by atoms with Gasteiger partial charge in [-0.25, -0.2) is 0 Å². The van der Waals surface area contributed by atoms with Gasteiger partial charge in [0.1, 0.15) is 0 Å². The second-order valence-corrected chi connectivity index (χ2v) is 8.30. The molecular weight excluding hydrogens is 493 g/mol. The summed E-state index contributed by atoms with van der Waals surface area (Å²) in [4.78, 5) is 20.7. The lowest BCUT2D eigenvalue weighted by molar-refractivity contribution is -0.133. The Hall–Kier alpha value is -1.36. The molecule has 0 saturated carbocycles. The first-order valence-electron chi connectivity index (χ1n) is 10.7. The first-order valence-corrected chi connectivity index (χ1v) is 10.7. The minimum atomic E-state index is 0. The van der Waals surface area contributed by atoms with Crippen LogP contribution in [-0.2, 0) is 18.3 Å². The maximum Gasteiger partial charge on any atom is 0.239 e. The van der Waals surface area contributed by atoms with Crippen LogP contribution in [0.25, 0.3) is 0 Å². The molecule has 1 aromatic heterocycles. The fourth-order valence-corrected chi connectivity index (χ4v) is 4.06. The average Bonchev–Trinajstić information content (AvgIpc) is 3.23. The number of carbonyl (C=O) groups is 1. The minimum absolute atomic E-state index is 0. The molecule has 1 aromatic rings. The standard InChI is InChI=1S/C21H39N7O.HI/c1-15(14-18-16(2)25-27(7)17(18)3)24-21(22-4)23-11-9-13-28-12-8-10-19(28)20(29)26(5)6;/h15,19H,8-14H2,1-7H3,(H2,22,23,24);1H. The lowest BCUT2D eigenvalue weighted by Gasteiger charge is -2.26. The van der Waals surface area contributed by atoms with Crippen molar-refractivity contribution in [3.63, 3.8) is 0 Å². The number of aryl methyl sites for hydroxylation is 2. The molecule has 1 fully saturated rings. The molecule has 2 N–H and O–H groups in total. The van der Waals surface area contributed by atoms with Crippen molar-refractivity contribution >= 4 is 35.8 Å². The number of hydrogen-bond donors (Lipinski definition) is 2. The summed E-state index contributed by atoms with van der Waals surface area (Å²) in [6.45, 7) is 9.11. The summed E-state index contributed by atoms with van der Waals surface area (Å²) in [6.07, 6.45) is 3.96. The molecule has 1 saturated heterocycles. The highest BCUT2D eigenvalue weighted by Crippen LogP contribution is 2.18. The lowest BCUT2D eigenvalue weighted by Crippen LogP contribution is -2.45. The number of aromatic nitrogens is 2. The minimum Gasteiger partial charge on any atom is -0.356 e. The molecule has 9 heteroatoms. The average molecular weight is 534 g/mol. The highest BCUT2D eigenvalue weighted by molar-refractivity contribution is 14.0. The molecule has 2 unspecified atom stereocenters. The van der Waals surface area contributed by atoms with Crippen LogP contribution in [0.4, 0.5) is 0 Å². The summed E-state index contributed by atoms with van der Waals surface area (Å²) in [5.41, 5.74) is 3.61. The van der Waals surface area contributed by atoms with Crippen molar-refractivity contribution in [2.24, 2.45) is 12.0 Å². The monoisotopic (exact) mass is 533 g/mol. The number of halogens is 1. The summed E-state index contributed by atoms with van der Waals surface area (Å²) >= 11 is 0. The van der Waals surface area contributed by atoms with Crippen LogP contribution < -0.4 is 10.6 Å². The van der Waals surface area contributed by atoms with E-state index in [9.17, 15) is 4.79 Å². The number of amides is 1. The topological polar surface area (TPSA) is 77.8 Å². The maximum atomic E-state index is 12.3. The fourth-order valence-electron chi connectivity index (χ4n) is 4.06. The summed E-state index contributed by atoms with van der Waals surface area (Å²) in [5, 5.41) is 11.4. The Bertz CT molecular complexity index is 716. The summed E-state index contributed by atoms with van der Waals surface area (Å²) < 4.78 is 1.94. The van der Waals surface area contributed by atoms with Crippen LogP contribution in [0.15, 0.2) is 4.99 Å². The van der Waals surface area contributed by atoms with Crippen LogP contribution >= 0.6 is 24.0 Å². The highest BCUT2D eigenvalue weighted by atomic mass is 127. The van der Waals surface area contributed by atoms with E-state index in [-0.39, 0.29) is 42.0 Å². The Morgan fingerprint density at radius 3 is 2.63 bits per heavy atom. The molecule has 0 spiro atoms. The smallest absolute Gasteiger partial charge is 0.239 e. The summed E-state index contributed by atoms with van der Waals surface area (Å²) in [6, 6.07) is 0.303. The number of carbonyl (C=O) groups excluding carboxylic acids is 1. The Labute approximate surface area is 198 Å². The van der Waals surface area contributed by atoms with E-state index in [1.807, 2.05) is 25.8 Å². The van der Waals surface area contributed by atoms with Gasteiger partial charge in [0.05, 0.1) is 11.7 Å². The number of likely N-dealkylation sites (N-methyl/N-ethyl adjacent to an activating group) is 1. The van der Waals surface area contributed by atoms with Crippen molar-refractivity contribution in [3.05, 3.63) is 17.0 Å². The van der Waals surface area contributed by atoms with Gasteiger partial charge in [-0.15, -0.1) is 24.0 Å². The molecule has 0 aliphatic carbocycles. The molecule has 0 bridgehead atoms. The molecule has 1 aliphatic rings. The Morgan fingerprint density at radius 1 is 1.37 bits per heavy atom. The van der Waals surface area contributed by atoms with Gasteiger partial charge in [0.2, 0.25) is 5.91 Å². The zero-order valence-electron chi connectivity index (χ0n) is 19.7. The van der Waals surface area contributed by atoms with Crippen molar-refractivity contribution in [1.82, 2.24) is 30.2 Å². The van der Waals surface area contributed by atoms with E-state index in [1.54, 1.807) is 11.9 Å². The van der Waals surface area contributed by atoms with Gasteiger partial charge in [-0.1, -0.05) is 0 Å². The van der Waals surface area contributed by atoms with Crippen LogP contribution in [0.5, 0.6) is 0 Å². The number of aliphatic imine (C=N–C) groups is 1. The molecule has 1 aliphatic heterocycles. The number of rotatable bonds is 8. The van der Waals surface area contributed by atoms with Crippen LogP contribution in [-0.4, -0.2) is 84.3 Å². The SMILES string of the molecule is CN=C(NCCCN1CCCC1C(=O)N(C)C)NC(C)Cc1c(C)nn(C)c1C.I. The zero-order chi connectivity index (χ0) is 21.6. The Balaban J connectivity index is 0.00000450. The quantitative estimate of drug-likeness (QED) is 0.230. The number of nitrogens with zero attached hydrogens (tertiary/aromatic N) is 5. The Morgan fingerprint density at radius 2 is 2.07 bits per heavy atom. The van der Waals surface area contributed by atoms with Gasteiger partial charge < -0.3 is 15.5 Å².